The average Bonchev–Trinajstić information content (AvgIpc) is 3.31. The number of rotatable bonds is 10. The van der Waals surface area contributed by atoms with Crippen molar-refractivity contribution in [1.29, 1.82) is 0 Å². The van der Waals surface area contributed by atoms with E-state index >= 15 is 0 Å². The Morgan fingerprint density at radius 2 is 1.74 bits per heavy atom. The topological polar surface area (TPSA) is 67.4 Å². The lowest BCUT2D eigenvalue weighted by Gasteiger charge is -2.31. The second kappa shape index (κ2) is 11.2. The molecule has 2 aromatic rings. The fourth-order valence-corrected chi connectivity index (χ4v) is 4.83. The van der Waals surface area contributed by atoms with E-state index < -0.39 is 6.04 Å². The molecule has 2 amide bonds. The first-order chi connectivity index (χ1) is 15.1. The lowest BCUT2D eigenvalue weighted by Crippen LogP contribution is -2.50. The minimum atomic E-state index is -0.584. The average molecular weight is 441 g/mol. The molecule has 0 bridgehead atoms. The Labute approximate surface area is 189 Å². The van der Waals surface area contributed by atoms with Crippen molar-refractivity contribution in [3.63, 3.8) is 0 Å². The van der Waals surface area contributed by atoms with E-state index in [1.807, 2.05) is 18.4 Å². The maximum absolute atomic E-state index is 13.1. The molecule has 0 spiro atoms. The smallest absolute Gasteiger partial charge is 0.255 e. The molecule has 0 aromatic heterocycles. The van der Waals surface area contributed by atoms with Crippen LogP contribution in [0.15, 0.2) is 54.6 Å². The predicted molar refractivity (Wildman–Crippen MR) is 127 cm³/mol. The normalized spacial score (nSPS) is 15.8. The largest absolute Gasteiger partial charge is 0.496 e. The van der Waals surface area contributed by atoms with Crippen molar-refractivity contribution in [1.82, 2.24) is 10.6 Å². The van der Waals surface area contributed by atoms with Gasteiger partial charge in [0.25, 0.3) is 5.91 Å². The van der Waals surface area contributed by atoms with Crippen molar-refractivity contribution >= 4 is 23.6 Å². The predicted octanol–water partition coefficient (Wildman–Crippen LogP) is 4.17. The Bertz CT molecular complexity index is 866. The van der Waals surface area contributed by atoms with Crippen molar-refractivity contribution in [2.75, 3.05) is 25.7 Å². The molecule has 0 radical (unpaired) electrons. The van der Waals surface area contributed by atoms with Crippen LogP contribution in [-0.2, 0) is 10.2 Å². The molecule has 1 saturated carbocycles. The lowest BCUT2D eigenvalue weighted by molar-refractivity contribution is -0.123. The van der Waals surface area contributed by atoms with E-state index in [2.05, 4.69) is 34.9 Å². The van der Waals surface area contributed by atoms with E-state index in [0.717, 1.165) is 18.6 Å². The third kappa shape index (κ3) is 5.82. The molecule has 6 heteroatoms. The number of hydrogen-bond donors (Lipinski definition) is 2. The summed E-state index contributed by atoms with van der Waals surface area (Å²) in [7, 11) is 1.54. The number of benzene rings is 2. The zero-order chi connectivity index (χ0) is 22.1. The molecule has 0 heterocycles. The summed E-state index contributed by atoms with van der Waals surface area (Å²) in [6.45, 7) is 0.593. The van der Waals surface area contributed by atoms with Gasteiger partial charge in [-0.25, -0.2) is 0 Å². The van der Waals surface area contributed by atoms with Crippen LogP contribution in [0, 0.1) is 0 Å². The Hall–Kier alpha value is -2.47. The van der Waals surface area contributed by atoms with Gasteiger partial charge < -0.3 is 15.4 Å². The quantitative estimate of drug-likeness (QED) is 0.582. The Morgan fingerprint density at radius 3 is 2.42 bits per heavy atom. The van der Waals surface area contributed by atoms with Gasteiger partial charge in [-0.3, -0.25) is 9.59 Å². The van der Waals surface area contributed by atoms with Gasteiger partial charge in [-0.15, -0.1) is 0 Å². The highest BCUT2D eigenvalue weighted by Gasteiger charge is 2.36. The monoisotopic (exact) mass is 440 g/mol. The lowest BCUT2D eigenvalue weighted by atomic mass is 9.79. The minimum absolute atomic E-state index is 0.0202. The van der Waals surface area contributed by atoms with Crippen LogP contribution >= 0.6 is 11.8 Å². The van der Waals surface area contributed by atoms with Gasteiger partial charge in [0.05, 0.1) is 12.7 Å². The highest BCUT2D eigenvalue weighted by atomic mass is 32.2. The molecule has 5 nitrogen and oxygen atoms in total. The van der Waals surface area contributed by atoms with Crippen molar-refractivity contribution in [3.05, 3.63) is 65.7 Å². The van der Waals surface area contributed by atoms with Gasteiger partial charge in [-0.1, -0.05) is 55.3 Å². The maximum Gasteiger partial charge on any atom is 0.255 e. The fraction of sp³-hybridized carbons (Fsp3) is 0.440. The zero-order valence-corrected chi connectivity index (χ0v) is 19.2. The Kier molecular flexibility index (Phi) is 8.41. The van der Waals surface area contributed by atoms with Gasteiger partial charge in [0, 0.05) is 12.0 Å². The van der Waals surface area contributed by atoms with Crippen LogP contribution in [0.25, 0.3) is 0 Å². The van der Waals surface area contributed by atoms with Crippen LogP contribution in [0.3, 0.4) is 0 Å². The molecule has 166 valence electrons. The Balaban J connectivity index is 1.70. The van der Waals surface area contributed by atoms with E-state index in [1.165, 1.54) is 25.5 Å². The Morgan fingerprint density at radius 1 is 1.06 bits per heavy atom. The third-order valence-electron chi connectivity index (χ3n) is 6.13. The number of carbonyl (C=O) groups excluding carboxylic acids is 2. The van der Waals surface area contributed by atoms with E-state index in [1.54, 1.807) is 30.0 Å². The van der Waals surface area contributed by atoms with Crippen LogP contribution < -0.4 is 15.4 Å². The van der Waals surface area contributed by atoms with Crippen LogP contribution in [0.2, 0.25) is 0 Å². The molecule has 3 rings (SSSR count). The van der Waals surface area contributed by atoms with E-state index in [4.69, 9.17) is 4.74 Å². The second-order valence-electron chi connectivity index (χ2n) is 8.08. The van der Waals surface area contributed by atoms with Crippen LogP contribution in [0.1, 0.15) is 48.0 Å². The summed E-state index contributed by atoms with van der Waals surface area (Å²) in [5.41, 5.74) is 1.70. The molecule has 0 saturated heterocycles. The third-order valence-corrected chi connectivity index (χ3v) is 6.78. The molecule has 31 heavy (non-hydrogen) atoms. The van der Waals surface area contributed by atoms with Gasteiger partial charge in [-0.2, -0.15) is 11.8 Å². The molecule has 1 aliphatic rings. The zero-order valence-electron chi connectivity index (χ0n) is 18.4. The van der Waals surface area contributed by atoms with Gasteiger partial charge in [0.1, 0.15) is 11.8 Å². The SMILES string of the molecule is COc1ccccc1C(=O)NC(CCSC)C(=O)NCC1(c2ccccc2)CCCC1. The van der Waals surface area contributed by atoms with Gasteiger partial charge in [0.2, 0.25) is 5.91 Å². The standard InChI is InChI=1S/C25H32N2O3S/c1-30-22-13-7-6-12-20(22)23(28)27-21(14-17-31-2)24(29)26-18-25(15-8-9-16-25)19-10-4-3-5-11-19/h3-7,10-13,21H,8-9,14-18H2,1-2H3,(H,26,29)(H,27,28). The molecule has 0 aliphatic heterocycles. The highest BCUT2D eigenvalue weighted by molar-refractivity contribution is 7.98. The number of hydrogen-bond acceptors (Lipinski definition) is 4. The fourth-order valence-electron chi connectivity index (χ4n) is 4.36. The molecule has 1 aliphatic carbocycles. The number of methoxy groups -OCH3 is 1. The summed E-state index contributed by atoms with van der Waals surface area (Å²) in [6, 6.07) is 16.9. The number of amides is 2. The minimum Gasteiger partial charge on any atom is -0.496 e. The van der Waals surface area contributed by atoms with Crippen LogP contribution in [0.4, 0.5) is 0 Å². The van der Waals surface area contributed by atoms with Crippen molar-refractivity contribution < 1.29 is 14.3 Å². The summed E-state index contributed by atoms with van der Waals surface area (Å²) in [5, 5.41) is 6.09. The summed E-state index contributed by atoms with van der Waals surface area (Å²) >= 11 is 1.66. The van der Waals surface area contributed by atoms with Crippen LogP contribution in [0.5, 0.6) is 5.75 Å². The second-order valence-corrected chi connectivity index (χ2v) is 9.06. The number of ether oxygens (including phenoxy) is 1. The number of nitrogens with one attached hydrogen (secondary N) is 2. The van der Waals surface area contributed by atoms with Crippen LogP contribution in [-0.4, -0.2) is 43.5 Å². The van der Waals surface area contributed by atoms with Crippen molar-refractivity contribution in [2.45, 2.75) is 43.6 Å². The number of carbonyl (C=O) groups is 2. The number of para-hydroxylation sites is 1. The summed E-state index contributed by atoms with van der Waals surface area (Å²) < 4.78 is 5.30. The van der Waals surface area contributed by atoms with Gasteiger partial charge >= 0.3 is 0 Å². The summed E-state index contributed by atoms with van der Waals surface area (Å²) in [5.74, 6) is 0.864. The van der Waals surface area contributed by atoms with Crippen molar-refractivity contribution in [2.24, 2.45) is 0 Å². The summed E-state index contributed by atoms with van der Waals surface area (Å²) in [4.78, 5) is 26.0. The summed E-state index contributed by atoms with van der Waals surface area (Å²) in [6.07, 6.45) is 7.06. The molecule has 2 aromatic carbocycles. The molecule has 1 atom stereocenters. The van der Waals surface area contributed by atoms with Gasteiger partial charge in [-0.05, 0) is 49.0 Å². The first-order valence-corrected chi connectivity index (χ1v) is 12.2. The number of thioether (sulfide) groups is 1. The maximum atomic E-state index is 13.1. The molecule has 1 unspecified atom stereocenters. The highest BCUT2D eigenvalue weighted by Crippen LogP contribution is 2.40. The molecular formula is C25H32N2O3S. The van der Waals surface area contributed by atoms with Gasteiger partial charge in [0.15, 0.2) is 0 Å². The van der Waals surface area contributed by atoms with Crippen molar-refractivity contribution in [3.8, 4) is 5.75 Å². The van der Waals surface area contributed by atoms with E-state index in [-0.39, 0.29) is 17.2 Å². The van der Waals surface area contributed by atoms with E-state index in [9.17, 15) is 9.59 Å². The van der Waals surface area contributed by atoms with E-state index in [0.29, 0.717) is 24.3 Å². The first-order valence-electron chi connectivity index (χ1n) is 10.9. The first kappa shape index (κ1) is 23.2. The molecule has 2 N–H and O–H groups in total. The molecule has 1 fully saturated rings. The molecular weight excluding hydrogens is 408 g/mol.